The Morgan fingerprint density at radius 1 is 0.479 bits per heavy atom. The molecule has 2 atom stereocenters. The molecule has 11 rings (SSSR count). The minimum atomic E-state index is -0.0782. The number of phenols is 1. The van der Waals surface area contributed by atoms with Gasteiger partial charge >= 0.3 is 0 Å². The first kappa shape index (κ1) is 47.3. The van der Waals surface area contributed by atoms with Gasteiger partial charge in [-0.25, -0.2) is 0 Å². The molecule has 1 aliphatic heterocycles. The quantitative estimate of drug-likeness (QED) is 0.154. The van der Waals surface area contributed by atoms with E-state index in [1.807, 2.05) is 24.4 Å². The summed E-state index contributed by atoms with van der Waals surface area (Å²) in [5.74, 6) is 0.418. The Kier molecular flexibility index (Phi) is 12.7. The van der Waals surface area contributed by atoms with E-state index in [2.05, 4.69) is 235 Å². The number of para-hydroxylation sites is 3. The number of aromatic hydroxyl groups is 1. The first-order valence-electron chi connectivity index (χ1n) is 24.4. The Bertz CT molecular complexity index is 3460. The van der Waals surface area contributed by atoms with E-state index in [4.69, 9.17) is 9.97 Å². The van der Waals surface area contributed by atoms with Crippen LogP contribution in [-0.4, -0.2) is 21.1 Å². The topological polar surface area (TPSA) is 49.2 Å². The monoisotopic (exact) mass is 1100 g/mol. The Hall–Kier alpha value is -7.39. The fourth-order valence-electron chi connectivity index (χ4n) is 10.1. The summed E-state index contributed by atoms with van der Waals surface area (Å²) in [5, 5.41) is 11.3. The molecular weight excluding hydrogens is 1050 g/mol. The van der Waals surface area contributed by atoms with Crippen LogP contribution in [0.5, 0.6) is 5.75 Å². The summed E-state index contributed by atoms with van der Waals surface area (Å²) in [7, 11) is 0. The predicted molar refractivity (Wildman–Crippen MR) is 291 cm³/mol. The molecule has 1 aliphatic carbocycles. The van der Waals surface area contributed by atoms with E-state index in [1.165, 1.54) is 28.1 Å². The minimum absolute atomic E-state index is 0. The largest absolute Gasteiger partial charge is 0.507 e. The number of phenolic OH excluding ortho intramolecular Hbond substituents is 1. The van der Waals surface area contributed by atoms with Crippen molar-refractivity contribution in [3.63, 3.8) is 0 Å². The zero-order valence-electron chi connectivity index (χ0n) is 41.0. The zero-order valence-corrected chi connectivity index (χ0v) is 43.2. The fourth-order valence-corrected chi connectivity index (χ4v) is 10.1. The van der Waals surface area contributed by atoms with Crippen LogP contribution < -0.4 is 4.90 Å². The van der Waals surface area contributed by atoms with Gasteiger partial charge in [0.25, 0.3) is 0 Å². The molecule has 352 valence electrons. The number of aromatic nitrogens is 2. The van der Waals surface area contributed by atoms with Crippen molar-refractivity contribution in [1.29, 1.82) is 0 Å². The summed E-state index contributed by atoms with van der Waals surface area (Å²) in [6.45, 7) is 13.6. The van der Waals surface area contributed by atoms with Gasteiger partial charge in [-0.2, -0.15) is 0 Å². The van der Waals surface area contributed by atoms with Crippen LogP contribution in [0.2, 0.25) is 0 Å². The van der Waals surface area contributed by atoms with E-state index in [1.54, 1.807) is 6.07 Å². The Labute approximate surface area is 433 Å². The van der Waals surface area contributed by atoms with E-state index < -0.39 is 0 Å². The molecule has 7 aromatic carbocycles. The number of hydrogen-bond acceptors (Lipinski definition) is 4. The van der Waals surface area contributed by atoms with Crippen LogP contribution in [0.25, 0.3) is 78.3 Å². The molecule has 0 saturated carbocycles. The fraction of sp³-hybridized carbons (Fsp3) is 0.152. The van der Waals surface area contributed by atoms with E-state index in [0.29, 0.717) is 11.3 Å². The smallest absolute Gasteiger partial charge is 0.124 e. The molecule has 4 nitrogen and oxygen atoms in total. The Balaban J connectivity index is 0.00000582. The van der Waals surface area contributed by atoms with Crippen molar-refractivity contribution in [3.8, 4) is 84.0 Å². The average Bonchev–Trinajstić information content (AvgIpc) is 3.73. The third-order valence-electron chi connectivity index (χ3n) is 13.9. The van der Waals surface area contributed by atoms with Crippen molar-refractivity contribution in [2.45, 2.75) is 64.3 Å². The molecule has 2 unspecified atom stereocenters. The van der Waals surface area contributed by atoms with Gasteiger partial charge < -0.3 is 10.0 Å². The molecular formula is C66H56N3OPt-. The number of benzene rings is 7. The molecule has 0 spiro atoms. The number of nitrogens with zero attached hydrogens (tertiary/aromatic N) is 3. The van der Waals surface area contributed by atoms with E-state index in [9.17, 15) is 5.11 Å². The number of hydrogen-bond donors (Lipinski definition) is 1. The molecule has 2 aliphatic rings. The normalized spacial score (nSPS) is 15.0. The first-order valence-corrected chi connectivity index (χ1v) is 24.4. The molecule has 0 fully saturated rings. The van der Waals surface area contributed by atoms with Crippen LogP contribution in [0.4, 0.5) is 11.4 Å². The molecule has 0 bridgehead atoms. The molecule has 9 aromatic rings. The van der Waals surface area contributed by atoms with Gasteiger partial charge in [0.1, 0.15) is 5.75 Å². The van der Waals surface area contributed by atoms with Gasteiger partial charge in [0.15, 0.2) is 0 Å². The summed E-state index contributed by atoms with van der Waals surface area (Å²) in [6, 6.07) is 68.3. The van der Waals surface area contributed by atoms with Gasteiger partial charge in [-0.3, -0.25) is 9.97 Å². The van der Waals surface area contributed by atoms with Crippen molar-refractivity contribution in [2.24, 2.45) is 0 Å². The van der Waals surface area contributed by atoms with E-state index in [-0.39, 0.29) is 49.6 Å². The van der Waals surface area contributed by atoms with Gasteiger partial charge in [0, 0.05) is 61.4 Å². The average molecular weight is 1100 g/mol. The maximum absolute atomic E-state index is 11.3. The van der Waals surface area contributed by atoms with Crippen molar-refractivity contribution in [3.05, 3.63) is 235 Å². The summed E-state index contributed by atoms with van der Waals surface area (Å²) in [4.78, 5) is 13.0. The molecule has 71 heavy (non-hydrogen) atoms. The van der Waals surface area contributed by atoms with Crippen molar-refractivity contribution in [1.82, 2.24) is 9.97 Å². The van der Waals surface area contributed by atoms with E-state index in [0.717, 1.165) is 67.0 Å². The molecule has 5 heteroatoms. The van der Waals surface area contributed by atoms with Crippen LogP contribution >= 0.6 is 0 Å². The summed E-state index contributed by atoms with van der Waals surface area (Å²) in [6.07, 6.45) is 10.9. The molecule has 1 N–H and O–H groups in total. The van der Waals surface area contributed by atoms with Crippen LogP contribution in [0.15, 0.2) is 212 Å². The second kappa shape index (κ2) is 19.1. The Morgan fingerprint density at radius 2 is 1.04 bits per heavy atom. The maximum atomic E-state index is 11.3. The zero-order chi connectivity index (χ0) is 48.1. The Morgan fingerprint density at radius 3 is 1.76 bits per heavy atom. The van der Waals surface area contributed by atoms with E-state index >= 15 is 0 Å². The van der Waals surface area contributed by atoms with Crippen molar-refractivity contribution >= 4 is 11.4 Å². The second-order valence-corrected chi connectivity index (χ2v) is 20.8. The molecule has 0 amide bonds. The van der Waals surface area contributed by atoms with Gasteiger partial charge in [-0.1, -0.05) is 210 Å². The van der Waals surface area contributed by atoms with Crippen LogP contribution in [0, 0.1) is 6.07 Å². The molecule has 0 radical (unpaired) electrons. The van der Waals surface area contributed by atoms with Crippen molar-refractivity contribution < 1.29 is 26.2 Å². The SMILES string of the molecule is CC(C)(C)c1cc(-c2cc(-c3[c-]c(-c4cc(-c5cccc6c5N(c5ccccc5)C5C=CC=CC65)ccn4)cc(-c4cccc(-c5ccccc5)c4)c3)nc(-c3ccccc3O)c2)cc(C(C)(C)C)c1.[Pt]. The van der Waals surface area contributed by atoms with Gasteiger partial charge in [-0.05, 0) is 103 Å². The standard InChI is InChI=1S/C66H56N3O.Pt/c1-65(2,3)52-37-48(38-53(42-52)66(4,5)6)49-40-60(68-61(41-49)58-26-14-16-30-63(58)70)51-35-47(45-22-17-21-44(33-45)43-19-9-7-10-20-43)34-50(36-51)59-39-46(31-32-67-59)55-27-18-28-57-56-25-13-15-29-62(56)69(64(55)57)54-23-11-8-12-24-54;/h7-35,37-42,56,62,70H,1-6H3;/q-1;. The van der Waals surface area contributed by atoms with Crippen LogP contribution in [-0.2, 0) is 31.9 Å². The number of rotatable bonds is 8. The molecule has 0 saturated heterocycles. The second-order valence-electron chi connectivity index (χ2n) is 20.8. The van der Waals surface area contributed by atoms with Gasteiger partial charge in [0.2, 0.25) is 0 Å². The predicted octanol–water partition coefficient (Wildman–Crippen LogP) is 17.0. The third kappa shape index (κ3) is 9.38. The number of anilines is 2. The molecule has 3 heterocycles. The number of pyridine rings is 2. The summed E-state index contributed by atoms with van der Waals surface area (Å²) < 4.78 is 0. The first-order chi connectivity index (χ1) is 33.9. The summed E-state index contributed by atoms with van der Waals surface area (Å²) in [5.41, 5.74) is 19.4. The van der Waals surface area contributed by atoms with Gasteiger partial charge in [-0.15, -0.1) is 18.2 Å². The van der Waals surface area contributed by atoms with Crippen LogP contribution in [0.1, 0.15) is 64.2 Å². The van der Waals surface area contributed by atoms with Crippen LogP contribution in [0.3, 0.4) is 0 Å². The minimum Gasteiger partial charge on any atom is -0.507 e. The number of allylic oxidation sites excluding steroid dienone is 2. The molecule has 2 aromatic heterocycles. The summed E-state index contributed by atoms with van der Waals surface area (Å²) >= 11 is 0. The van der Waals surface area contributed by atoms with Gasteiger partial charge in [0.05, 0.1) is 17.4 Å². The number of fused-ring (bicyclic) bond motifs is 3. The maximum Gasteiger partial charge on any atom is 0.124 e. The van der Waals surface area contributed by atoms with Crippen molar-refractivity contribution in [2.75, 3.05) is 4.90 Å². The third-order valence-corrected chi connectivity index (χ3v) is 13.9.